The highest BCUT2D eigenvalue weighted by molar-refractivity contribution is 6.10. The van der Waals surface area contributed by atoms with Gasteiger partial charge in [-0.15, -0.1) is 0 Å². The van der Waals surface area contributed by atoms with E-state index >= 15 is 0 Å². The van der Waals surface area contributed by atoms with Crippen LogP contribution in [-0.2, 0) is 0 Å². The maximum atomic E-state index is 13.6. The number of amides is 1. The average Bonchev–Trinajstić information content (AvgIpc) is 3.08. The molecular weight excluding hydrogens is 402 g/mol. The molecule has 5 nitrogen and oxygen atoms in total. The number of fused-ring (bicyclic) bond motifs is 2. The number of rotatable bonds is 4. The van der Waals surface area contributed by atoms with Gasteiger partial charge in [0, 0.05) is 5.69 Å². The summed E-state index contributed by atoms with van der Waals surface area (Å²) in [6.45, 7) is 6.42. The van der Waals surface area contributed by atoms with Gasteiger partial charge in [0.25, 0.3) is 5.91 Å². The molecule has 1 aromatic heterocycles. The van der Waals surface area contributed by atoms with Crippen LogP contribution in [0.4, 0.5) is 5.69 Å². The highest BCUT2D eigenvalue weighted by Gasteiger charge is 2.43. The molecule has 0 saturated heterocycles. The summed E-state index contributed by atoms with van der Waals surface area (Å²) in [4.78, 5) is 28.8. The summed E-state index contributed by atoms with van der Waals surface area (Å²) in [7, 11) is 0. The van der Waals surface area contributed by atoms with Crippen LogP contribution in [0.3, 0.4) is 0 Å². The lowest BCUT2D eigenvalue weighted by Gasteiger charge is -2.25. The smallest absolute Gasteiger partial charge is 0.295 e. The average molecular weight is 425 g/mol. The third-order valence-electron chi connectivity index (χ3n) is 5.84. The lowest BCUT2D eigenvalue weighted by Crippen LogP contribution is -2.29. The Balaban J connectivity index is 1.75. The van der Waals surface area contributed by atoms with Gasteiger partial charge in [0.1, 0.15) is 11.3 Å². The number of carbonyl (C=O) groups excluding carboxylic acids is 1. The molecule has 160 valence electrons. The quantitative estimate of drug-likeness (QED) is 0.430. The van der Waals surface area contributed by atoms with E-state index in [0.29, 0.717) is 28.8 Å². The second-order valence-electron chi connectivity index (χ2n) is 8.09. The summed E-state index contributed by atoms with van der Waals surface area (Å²) in [6.07, 6.45) is 0. The molecule has 0 saturated carbocycles. The Hall–Kier alpha value is -3.86. The van der Waals surface area contributed by atoms with Crippen LogP contribution >= 0.6 is 0 Å². The van der Waals surface area contributed by atoms with Crippen LogP contribution in [0.1, 0.15) is 45.8 Å². The van der Waals surface area contributed by atoms with Crippen molar-refractivity contribution in [3.05, 3.63) is 105 Å². The van der Waals surface area contributed by atoms with Gasteiger partial charge in [-0.2, -0.15) is 0 Å². The topological polar surface area (TPSA) is 59.8 Å². The minimum atomic E-state index is -0.572. The predicted octanol–water partition coefficient (Wildman–Crippen LogP) is 5.56. The summed E-state index contributed by atoms with van der Waals surface area (Å²) in [5.74, 6) is 0.503. The first-order chi connectivity index (χ1) is 15.5. The Labute approximate surface area is 185 Å². The number of carbonyl (C=O) groups is 1. The molecule has 0 bridgehead atoms. The van der Waals surface area contributed by atoms with Gasteiger partial charge >= 0.3 is 0 Å². The molecule has 1 unspecified atom stereocenters. The zero-order chi connectivity index (χ0) is 22.4. The van der Waals surface area contributed by atoms with Gasteiger partial charge < -0.3 is 9.15 Å². The van der Waals surface area contributed by atoms with Crippen LogP contribution in [0.5, 0.6) is 5.75 Å². The lowest BCUT2D eigenvalue weighted by molar-refractivity contribution is 0.0971. The first-order valence-corrected chi connectivity index (χ1v) is 10.7. The molecule has 1 amide bonds. The van der Waals surface area contributed by atoms with E-state index in [-0.39, 0.29) is 17.1 Å². The van der Waals surface area contributed by atoms with E-state index in [4.69, 9.17) is 9.15 Å². The third-order valence-corrected chi connectivity index (χ3v) is 5.84. The van der Waals surface area contributed by atoms with Gasteiger partial charge in [0.15, 0.2) is 5.43 Å². The Morgan fingerprint density at radius 3 is 2.28 bits per heavy atom. The van der Waals surface area contributed by atoms with Crippen molar-refractivity contribution in [3.63, 3.8) is 0 Å². The number of hydrogen-bond donors (Lipinski definition) is 0. The Morgan fingerprint density at radius 2 is 1.59 bits per heavy atom. The van der Waals surface area contributed by atoms with E-state index in [2.05, 4.69) is 0 Å². The normalized spacial score (nSPS) is 15.3. The minimum absolute atomic E-state index is 0.103. The zero-order valence-corrected chi connectivity index (χ0v) is 18.2. The largest absolute Gasteiger partial charge is 0.494 e. The minimum Gasteiger partial charge on any atom is -0.494 e. The van der Waals surface area contributed by atoms with E-state index in [0.717, 1.165) is 22.4 Å². The summed E-state index contributed by atoms with van der Waals surface area (Å²) >= 11 is 0. The fourth-order valence-electron chi connectivity index (χ4n) is 4.29. The van der Waals surface area contributed by atoms with Crippen LogP contribution in [0.2, 0.25) is 0 Å². The van der Waals surface area contributed by atoms with Crippen LogP contribution in [-0.4, -0.2) is 12.5 Å². The molecule has 4 aromatic rings. The molecule has 1 aliphatic heterocycles. The van der Waals surface area contributed by atoms with Crippen LogP contribution in [0, 0.1) is 13.8 Å². The van der Waals surface area contributed by atoms with Gasteiger partial charge in [0.05, 0.1) is 23.6 Å². The van der Waals surface area contributed by atoms with E-state index < -0.39 is 6.04 Å². The van der Waals surface area contributed by atoms with Gasteiger partial charge in [-0.05, 0) is 62.7 Å². The van der Waals surface area contributed by atoms with Crippen molar-refractivity contribution in [2.24, 2.45) is 0 Å². The van der Waals surface area contributed by atoms with Crippen LogP contribution in [0.25, 0.3) is 11.0 Å². The maximum Gasteiger partial charge on any atom is 0.295 e. The maximum absolute atomic E-state index is 13.6. The molecule has 5 heteroatoms. The number of nitrogens with zero attached hydrogens (tertiary/aromatic N) is 1. The van der Waals surface area contributed by atoms with Gasteiger partial charge in [0.2, 0.25) is 5.76 Å². The highest BCUT2D eigenvalue weighted by atomic mass is 16.5. The van der Waals surface area contributed by atoms with Crippen LogP contribution in [0.15, 0.2) is 75.9 Å². The molecule has 0 radical (unpaired) electrons. The van der Waals surface area contributed by atoms with Crippen molar-refractivity contribution >= 4 is 22.6 Å². The standard InChI is InChI=1S/C27H23NO4/c1-4-31-20-12-10-19(11-13-20)28-24(18-8-5-16(2)6-9-18)23-25(29)21-15-17(3)7-14-22(21)32-26(23)27(28)30/h5-15,24H,4H2,1-3H3. The molecule has 2 heterocycles. The van der Waals surface area contributed by atoms with E-state index in [1.54, 1.807) is 11.0 Å². The van der Waals surface area contributed by atoms with Crippen molar-refractivity contribution in [2.45, 2.75) is 26.8 Å². The molecule has 0 N–H and O–H groups in total. The zero-order valence-electron chi connectivity index (χ0n) is 18.2. The lowest BCUT2D eigenvalue weighted by atomic mass is 9.97. The van der Waals surface area contributed by atoms with E-state index in [1.165, 1.54) is 0 Å². The fourth-order valence-corrected chi connectivity index (χ4v) is 4.29. The van der Waals surface area contributed by atoms with Crippen molar-refractivity contribution in [3.8, 4) is 5.75 Å². The predicted molar refractivity (Wildman–Crippen MR) is 125 cm³/mol. The highest BCUT2D eigenvalue weighted by Crippen LogP contribution is 2.41. The van der Waals surface area contributed by atoms with Gasteiger partial charge in [-0.3, -0.25) is 14.5 Å². The summed E-state index contributed by atoms with van der Waals surface area (Å²) in [5, 5.41) is 0.488. The van der Waals surface area contributed by atoms with Gasteiger partial charge in [-0.1, -0.05) is 41.5 Å². The first-order valence-electron chi connectivity index (χ1n) is 10.7. The van der Waals surface area contributed by atoms with Gasteiger partial charge in [-0.25, -0.2) is 0 Å². The molecule has 32 heavy (non-hydrogen) atoms. The summed E-state index contributed by atoms with van der Waals surface area (Å²) in [6, 6.07) is 20.1. The van der Waals surface area contributed by atoms with Crippen molar-refractivity contribution < 1.29 is 13.9 Å². The fraction of sp³-hybridized carbons (Fsp3) is 0.185. The Morgan fingerprint density at radius 1 is 0.906 bits per heavy atom. The number of hydrogen-bond acceptors (Lipinski definition) is 4. The van der Waals surface area contributed by atoms with Crippen molar-refractivity contribution in [1.82, 2.24) is 0 Å². The van der Waals surface area contributed by atoms with Crippen molar-refractivity contribution in [1.29, 1.82) is 0 Å². The number of aryl methyl sites for hydroxylation is 2. The second-order valence-corrected chi connectivity index (χ2v) is 8.09. The van der Waals surface area contributed by atoms with E-state index in [9.17, 15) is 9.59 Å². The van der Waals surface area contributed by atoms with E-state index in [1.807, 2.05) is 81.4 Å². The SMILES string of the molecule is CCOc1ccc(N2C(=O)c3oc4ccc(C)cc4c(=O)c3C2c2ccc(C)cc2)cc1. The molecule has 1 aliphatic rings. The molecule has 3 aromatic carbocycles. The Kier molecular flexibility index (Phi) is 4.82. The molecule has 0 spiro atoms. The second kappa shape index (κ2) is 7.68. The summed E-state index contributed by atoms with van der Waals surface area (Å²) < 4.78 is 11.6. The Bertz CT molecular complexity index is 1380. The molecular formula is C27H23NO4. The number of benzene rings is 3. The molecule has 0 fully saturated rings. The molecule has 5 rings (SSSR count). The van der Waals surface area contributed by atoms with Crippen molar-refractivity contribution in [2.75, 3.05) is 11.5 Å². The number of ether oxygens (including phenoxy) is 1. The first kappa shape index (κ1) is 20.1. The number of anilines is 1. The summed E-state index contributed by atoms with van der Waals surface area (Å²) in [5.41, 5.74) is 4.23. The molecule has 0 aliphatic carbocycles. The molecule has 1 atom stereocenters. The third kappa shape index (κ3) is 3.17. The monoisotopic (exact) mass is 425 g/mol. The van der Waals surface area contributed by atoms with Crippen LogP contribution < -0.4 is 15.1 Å².